The Morgan fingerprint density at radius 2 is 2.00 bits per heavy atom. The molecule has 2 rings (SSSR count). The smallest absolute Gasteiger partial charge is 0.172 e. The van der Waals surface area contributed by atoms with Gasteiger partial charge in [0.25, 0.3) is 0 Å². The number of hydrogen-bond acceptors (Lipinski definition) is 2. The SMILES string of the molecule is Cc1cccnc1NC(=S)NC1CCCCCC1. The van der Waals surface area contributed by atoms with Gasteiger partial charge in [-0.3, -0.25) is 0 Å². The van der Waals surface area contributed by atoms with Crippen LogP contribution >= 0.6 is 12.2 Å². The first-order valence-electron chi connectivity index (χ1n) is 6.75. The van der Waals surface area contributed by atoms with Crippen molar-refractivity contribution in [2.24, 2.45) is 0 Å². The third-order valence-corrected chi connectivity index (χ3v) is 3.65. The third kappa shape index (κ3) is 3.95. The van der Waals surface area contributed by atoms with Gasteiger partial charge in [-0.1, -0.05) is 31.7 Å². The van der Waals surface area contributed by atoms with Gasteiger partial charge >= 0.3 is 0 Å². The number of nitrogens with one attached hydrogen (secondary N) is 2. The van der Waals surface area contributed by atoms with Gasteiger partial charge in [0.1, 0.15) is 5.82 Å². The summed E-state index contributed by atoms with van der Waals surface area (Å²) in [5.41, 5.74) is 1.11. The van der Waals surface area contributed by atoms with Gasteiger partial charge in [0, 0.05) is 12.2 Å². The number of pyridine rings is 1. The molecule has 0 spiro atoms. The van der Waals surface area contributed by atoms with E-state index >= 15 is 0 Å². The zero-order valence-corrected chi connectivity index (χ0v) is 11.7. The third-order valence-electron chi connectivity index (χ3n) is 3.43. The number of aromatic nitrogens is 1. The lowest BCUT2D eigenvalue weighted by Gasteiger charge is -2.19. The number of rotatable bonds is 2. The molecule has 0 unspecified atom stereocenters. The molecule has 0 aromatic carbocycles. The molecule has 1 fully saturated rings. The molecule has 1 aromatic heterocycles. The van der Waals surface area contributed by atoms with Gasteiger partial charge < -0.3 is 10.6 Å². The molecule has 0 bridgehead atoms. The Bertz CT molecular complexity index is 398. The van der Waals surface area contributed by atoms with Crippen molar-refractivity contribution in [2.45, 2.75) is 51.5 Å². The van der Waals surface area contributed by atoms with Crippen LogP contribution in [0.15, 0.2) is 18.3 Å². The fourth-order valence-electron chi connectivity index (χ4n) is 2.37. The van der Waals surface area contributed by atoms with Gasteiger partial charge in [-0.2, -0.15) is 0 Å². The predicted octanol–water partition coefficient (Wildman–Crippen LogP) is 3.40. The van der Waals surface area contributed by atoms with E-state index in [1.807, 2.05) is 19.1 Å². The van der Waals surface area contributed by atoms with Crippen molar-refractivity contribution in [1.82, 2.24) is 10.3 Å². The van der Waals surface area contributed by atoms with E-state index in [-0.39, 0.29) is 0 Å². The van der Waals surface area contributed by atoms with Crippen LogP contribution in [0.2, 0.25) is 0 Å². The number of hydrogen-bond donors (Lipinski definition) is 2. The van der Waals surface area contributed by atoms with E-state index < -0.39 is 0 Å². The van der Waals surface area contributed by atoms with Crippen LogP contribution in [0.25, 0.3) is 0 Å². The lowest BCUT2D eigenvalue weighted by atomic mass is 10.1. The molecule has 0 atom stereocenters. The summed E-state index contributed by atoms with van der Waals surface area (Å²) in [5, 5.41) is 7.30. The molecule has 1 aliphatic carbocycles. The molecule has 3 nitrogen and oxygen atoms in total. The maximum Gasteiger partial charge on any atom is 0.172 e. The second-order valence-corrected chi connectivity index (χ2v) is 5.36. The van der Waals surface area contributed by atoms with E-state index in [1.165, 1.54) is 38.5 Å². The van der Waals surface area contributed by atoms with Crippen molar-refractivity contribution >= 4 is 23.1 Å². The molecule has 1 aliphatic rings. The Morgan fingerprint density at radius 3 is 2.67 bits per heavy atom. The highest BCUT2D eigenvalue weighted by Crippen LogP contribution is 2.17. The van der Waals surface area contributed by atoms with Crippen LogP contribution in [0.5, 0.6) is 0 Å². The fraction of sp³-hybridized carbons (Fsp3) is 0.571. The first-order chi connectivity index (χ1) is 8.75. The Labute approximate surface area is 114 Å². The summed E-state index contributed by atoms with van der Waals surface area (Å²) in [6, 6.07) is 4.49. The van der Waals surface area contributed by atoms with Crippen LogP contribution in [-0.4, -0.2) is 16.1 Å². The van der Waals surface area contributed by atoms with Crippen molar-refractivity contribution in [2.75, 3.05) is 5.32 Å². The molecule has 1 heterocycles. The van der Waals surface area contributed by atoms with Crippen LogP contribution < -0.4 is 10.6 Å². The summed E-state index contributed by atoms with van der Waals surface area (Å²) in [4.78, 5) is 4.29. The van der Waals surface area contributed by atoms with Crippen LogP contribution in [0, 0.1) is 6.92 Å². The minimum atomic E-state index is 0.525. The van der Waals surface area contributed by atoms with E-state index in [0.717, 1.165) is 11.4 Å². The van der Waals surface area contributed by atoms with E-state index in [4.69, 9.17) is 12.2 Å². The molecular formula is C14H21N3S. The lowest BCUT2D eigenvalue weighted by molar-refractivity contribution is 0.535. The molecule has 18 heavy (non-hydrogen) atoms. The van der Waals surface area contributed by atoms with Crippen molar-refractivity contribution in [3.63, 3.8) is 0 Å². The second kappa shape index (κ2) is 6.69. The van der Waals surface area contributed by atoms with E-state index in [9.17, 15) is 0 Å². The Kier molecular flexibility index (Phi) is 4.93. The van der Waals surface area contributed by atoms with Gasteiger partial charge in [0.05, 0.1) is 0 Å². The average Bonchev–Trinajstić information content (AvgIpc) is 2.61. The highest BCUT2D eigenvalue weighted by Gasteiger charge is 2.13. The summed E-state index contributed by atoms with van der Waals surface area (Å²) in [7, 11) is 0. The van der Waals surface area contributed by atoms with Crippen molar-refractivity contribution < 1.29 is 0 Å². The van der Waals surface area contributed by atoms with Crippen molar-refractivity contribution in [3.05, 3.63) is 23.9 Å². The molecule has 2 N–H and O–H groups in total. The van der Waals surface area contributed by atoms with Crippen molar-refractivity contribution in [1.29, 1.82) is 0 Å². The summed E-state index contributed by atoms with van der Waals surface area (Å²) in [6.07, 6.45) is 9.57. The molecule has 1 saturated carbocycles. The van der Waals surface area contributed by atoms with Crippen LogP contribution in [0.4, 0.5) is 5.82 Å². The van der Waals surface area contributed by atoms with Gasteiger partial charge in [-0.15, -0.1) is 0 Å². The van der Waals surface area contributed by atoms with Crippen LogP contribution in [0.1, 0.15) is 44.1 Å². The Hall–Kier alpha value is -1.16. The first kappa shape index (κ1) is 13.3. The maximum atomic E-state index is 5.36. The zero-order chi connectivity index (χ0) is 12.8. The number of aryl methyl sites for hydroxylation is 1. The van der Waals surface area contributed by atoms with Crippen LogP contribution in [-0.2, 0) is 0 Å². The minimum Gasteiger partial charge on any atom is -0.360 e. The van der Waals surface area contributed by atoms with Gasteiger partial charge in [-0.05, 0) is 43.6 Å². The van der Waals surface area contributed by atoms with Gasteiger partial charge in [-0.25, -0.2) is 4.98 Å². The average molecular weight is 263 g/mol. The summed E-state index contributed by atoms with van der Waals surface area (Å²) < 4.78 is 0. The predicted molar refractivity (Wildman–Crippen MR) is 79.8 cm³/mol. The zero-order valence-electron chi connectivity index (χ0n) is 10.9. The molecule has 0 saturated heterocycles. The maximum absolute atomic E-state index is 5.36. The monoisotopic (exact) mass is 263 g/mol. The summed E-state index contributed by atoms with van der Waals surface area (Å²) >= 11 is 5.36. The quantitative estimate of drug-likeness (QED) is 0.633. The molecule has 0 amide bonds. The summed E-state index contributed by atoms with van der Waals surface area (Å²) in [5.74, 6) is 0.851. The Balaban J connectivity index is 1.86. The first-order valence-corrected chi connectivity index (χ1v) is 7.15. The number of thiocarbonyl (C=S) groups is 1. The minimum absolute atomic E-state index is 0.525. The second-order valence-electron chi connectivity index (χ2n) is 4.96. The number of nitrogens with zero attached hydrogens (tertiary/aromatic N) is 1. The van der Waals surface area contributed by atoms with E-state index in [2.05, 4.69) is 15.6 Å². The topological polar surface area (TPSA) is 37.0 Å². The molecule has 4 heteroatoms. The molecular weight excluding hydrogens is 242 g/mol. The number of anilines is 1. The van der Waals surface area contributed by atoms with E-state index in [0.29, 0.717) is 11.2 Å². The largest absolute Gasteiger partial charge is 0.360 e. The van der Waals surface area contributed by atoms with Gasteiger partial charge in [0.15, 0.2) is 5.11 Å². The van der Waals surface area contributed by atoms with E-state index in [1.54, 1.807) is 6.20 Å². The molecule has 0 aliphatic heterocycles. The fourth-order valence-corrected chi connectivity index (χ4v) is 2.63. The van der Waals surface area contributed by atoms with Gasteiger partial charge in [0.2, 0.25) is 0 Å². The molecule has 1 aromatic rings. The standard InChI is InChI=1S/C14H21N3S/c1-11-7-6-10-15-13(11)17-14(18)16-12-8-4-2-3-5-9-12/h6-7,10,12H,2-5,8-9H2,1H3,(H2,15,16,17,18). The lowest BCUT2D eigenvalue weighted by Crippen LogP contribution is -2.37. The van der Waals surface area contributed by atoms with Crippen molar-refractivity contribution in [3.8, 4) is 0 Å². The highest BCUT2D eigenvalue weighted by molar-refractivity contribution is 7.80. The highest BCUT2D eigenvalue weighted by atomic mass is 32.1. The Morgan fingerprint density at radius 1 is 1.28 bits per heavy atom. The molecule has 0 radical (unpaired) electrons. The van der Waals surface area contributed by atoms with Crippen LogP contribution in [0.3, 0.4) is 0 Å². The summed E-state index contributed by atoms with van der Waals surface area (Å²) in [6.45, 7) is 2.03. The normalized spacial score (nSPS) is 16.9. The molecule has 98 valence electrons.